The molecule has 0 bridgehead atoms. The third-order valence-electron chi connectivity index (χ3n) is 4.31. The molecule has 2 aromatic rings. The van der Waals surface area contributed by atoms with Gasteiger partial charge in [-0.3, -0.25) is 4.79 Å². The van der Waals surface area contributed by atoms with Crippen LogP contribution in [0.1, 0.15) is 25.0 Å². The second-order valence-corrected chi connectivity index (χ2v) is 8.77. The van der Waals surface area contributed by atoms with Crippen molar-refractivity contribution >= 4 is 39.0 Å². The van der Waals surface area contributed by atoms with Gasteiger partial charge in [0.25, 0.3) is 10.0 Å². The summed E-state index contributed by atoms with van der Waals surface area (Å²) in [6.07, 6.45) is 2.92. The first-order chi connectivity index (χ1) is 13.7. The number of allylic oxidation sites excluding steroid dienone is 4. The van der Waals surface area contributed by atoms with Crippen molar-refractivity contribution in [2.45, 2.75) is 25.7 Å². The summed E-state index contributed by atoms with van der Waals surface area (Å²) < 4.78 is 29.8. The van der Waals surface area contributed by atoms with Crippen LogP contribution in [0.2, 0.25) is 5.02 Å². The van der Waals surface area contributed by atoms with Crippen molar-refractivity contribution < 1.29 is 13.2 Å². The minimum atomic E-state index is -3.99. The van der Waals surface area contributed by atoms with E-state index in [-0.39, 0.29) is 16.5 Å². The van der Waals surface area contributed by atoms with Crippen molar-refractivity contribution in [3.63, 3.8) is 0 Å². The van der Waals surface area contributed by atoms with Gasteiger partial charge in [-0.25, -0.2) is 4.99 Å². The van der Waals surface area contributed by atoms with Crippen LogP contribution < -0.4 is 0 Å². The molecule has 0 fully saturated rings. The molecule has 7 heteroatoms. The zero-order valence-electron chi connectivity index (χ0n) is 16.2. The fourth-order valence-corrected chi connectivity index (χ4v) is 3.90. The molecule has 0 atom stereocenters. The number of aliphatic imine (C=N–C) groups is 1. The van der Waals surface area contributed by atoms with E-state index >= 15 is 0 Å². The first kappa shape index (κ1) is 20.9. The molecule has 148 valence electrons. The summed E-state index contributed by atoms with van der Waals surface area (Å²) in [5.74, 6) is -0.108. The van der Waals surface area contributed by atoms with Crippen LogP contribution in [0.4, 0.5) is 0 Å². The third kappa shape index (κ3) is 4.96. The van der Waals surface area contributed by atoms with Crippen LogP contribution in [0.25, 0.3) is 0 Å². The van der Waals surface area contributed by atoms with Gasteiger partial charge >= 0.3 is 0 Å². The van der Waals surface area contributed by atoms with Gasteiger partial charge in [-0.05, 0) is 80.5 Å². The van der Waals surface area contributed by atoms with Crippen LogP contribution in [0.3, 0.4) is 0 Å². The van der Waals surface area contributed by atoms with E-state index in [1.165, 1.54) is 24.3 Å². The van der Waals surface area contributed by atoms with Crippen LogP contribution in [0, 0.1) is 6.92 Å². The van der Waals surface area contributed by atoms with Gasteiger partial charge in [0.15, 0.2) is 11.6 Å². The predicted octanol–water partition coefficient (Wildman–Crippen LogP) is 4.70. The number of sulfonamides is 1. The molecule has 1 aliphatic rings. The van der Waals surface area contributed by atoms with Gasteiger partial charge in [0.2, 0.25) is 0 Å². The van der Waals surface area contributed by atoms with Crippen molar-refractivity contribution in [2.75, 3.05) is 0 Å². The maximum absolute atomic E-state index is 12.9. The largest absolute Gasteiger partial charge is 0.290 e. The Hall–Kier alpha value is -2.83. The normalized spacial score (nSPS) is 15.1. The van der Waals surface area contributed by atoms with Gasteiger partial charge < -0.3 is 0 Å². The lowest BCUT2D eigenvalue weighted by Crippen LogP contribution is -2.14. The molecule has 5 nitrogen and oxygen atoms in total. The molecule has 0 heterocycles. The van der Waals surface area contributed by atoms with Crippen molar-refractivity contribution in [2.24, 2.45) is 9.39 Å². The summed E-state index contributed by atoms with van der Waals surface area (Å²) in [6, 6.07) is 13.0. The van der Waals surface area contributed by atoms with E-state index in [4.69, 9.17) is 11.6 Å². The van der Waals surface area contributed by atoms with E-state index in [9.17, 15) is 13.2 Å². The smallest absolute Gasteiger partial charge is 0.284 e. The molecule has 1 aliphatic carbocycles. The summed E-state index contributed by atoms with van der Waals surface area (Å²) in [5, 5.41) is 0.512. The number of nitrogens with zero attached hydrogens (tertiary/aromatic N) is 2. The highest BCUT2D eigenvalue weighted by molar-refractivity contribution is 7.90. The highest BCUT2D eigenvalue weighted by atomic mass is 35.5. The van der Waals surface area contributed by atoms with E-state index in [0.717, 1.165) is 5.56 Å². The van der Waals surface area contributed by atoms with E-state index in [0.29, 0.717) is 27.4 Å². The summed E-state index contributed by atoms with van der Waals surface area (Å²) in [6.45, 7) is 5.38. The maximum Gasteiger partial charge on any atom is 0.284 e. The van der Waals surface area contributed by atoms with E-state index in [1.54, 1.807) is 50.2 Å². The first-order valence-corrected chi connectivity index (χ1v) is 10.6. The Morgan fingerprint density at radius 3 is 1.97 bits per heavy atom. The fourth-order valence-electron chi connectivity index (χ4n) is 2.81. The van der Waals surface area contributed by atoms with Crippen LogP contribution in [0.5, 0.6) is 0 Å². The Balaban J connectivity index is 2.17. The number of amidine groups is 1. The highest BCUT2D eigenvalue weighted by Gasteiger charge is 2.19. The Bertz CT molecular complexity index is 1160. The average molecular weight is 427 g/mol. The number of halogens is 1. The lowest BCUT2D eigenvalue weighted by molar-refractivity contribution is -0.110. The van der Waals surface area contributed by atoms with Crippen LogP contribution in [0.15, 0.2) is 86.1 Å². The summed E-state index contributed by atoms with van der Waals surface area (Å²) in [4.78, 5) is 16.3. The zero-order chi connectivity index (χ0) is 21.2. The molecule has 0 unspecified atom stereocenters. The predicted molar refractivity (Wildman–Crippen MR) is 116 cm³/mol. The summed E-state index contributed by atoms with van der Waals surface area (Å²) >= 11 is 5.96. The van der Waals surface area contributed by atoms with Gasteiger partial charge in [-0.2, -0.15) is 8.42 Å². The number of hydrogen-bond donors (Lipinski definition) is 0. The molecule has 29 heavy (non-hydrogen) atoms. The van der Waals surface area contributed by atoms with Gasteiger partial charge in [0.1, 0.15) is 0 Å². The molecular formula is C22H19ClN2O3S. The quantitative estimate of drug-likeness (QED) is 0.405. The molecule has 0 radical (unpaired) electrons. The van der Waals surface area contributed by atoms with E-state index in [1.807, 2.05) is 6.92 Å². The molecule has 3 rings (SSSR count). The zero-order valence-corrected chi connectivity index (χ0v) is 17.8. The van der Waals surface area contributed by atoms with Crippen molar-refractivity contribution in [1.29, 1.82) is 0 Å². The van der Waals surface area contributed by atoms with Crippen LogP contribution >= 0.6 is 11.6 Å². The van der Waals surface area contributed by atoms with Crippen LogP contribution in [-0.2, 0) is 14.8 Å². The molecule has 0 saturated heterocycles. The van der Waals surface area contributed by atoms with Gasteiger partial charge in [0.05, 0.1) is 10.6 Å². The lowest BCUT2D eigenvalue weighted by atomic mass is 9.97. The minimum absolute atomic E-state index is 0.0205. The number of hydrogen-bond acceptors (Lipinski definition) is 3. The Kier molecular flexibility index (Phi) is 5.96. The SMILES string of the molecule is CC1=CC(=O)C=C(C)C1=N/C(=N/S(=O)(=O)c1ccc(C)cc1)c1ccc(Cl)cc1. The molecule has 0 spiro atoms. The van der Waals surface area contributed by atoms with Crippen LogP contribution in [-0.4, -0.2) is 25.7 Å². The topological polar surface area (TPSA) is 75.9 Å². The standard InChI is InChI=1S/C22H19ClN2O3S/c1-14-4-10-20(11-5-14)29(27,28)25-22(17-6-8-18(23)9-7-17)24-21-15(2)12-19(26)13-16(21)3/h4-13H,1-3H3/b25-22+. The van der Waals surface area contributed by atoms with Crippen molar-refractivity contribution in [3.8, 4) is 0 Å². The highest BCUT2D eigenvalue weighted by Crippen LogP contribution is 2.20. The number of carbonyl (C=O) groups is 1. The molecule has 2 aromatic carbocycles. The molecule has 0 aromatic heterocycles. The fraction of sp³-hybridized carbons (Fsp3) is 0.136. The minimum Gasteiger partial charge on any atom is -0.290 e. The third-order valence-corrected chi connectivity index (χ3v) is 5.84. The molecule has 0 amide bonds. The lowest BCUT2D eigenvalue weighted by Gasteiger charge is -2.13. The molecule has 0 N–H and O–H groups in total. The molecular weight excluding hydrogens is 408 g/mol. The van der Waals surface area contributed by atoms with Gasteiger partial charge in [-0.1, -0.05) is 29.3 Å². The Morgan fingerprint density at radius 1 is 0.862 bits per heavy atom. The molecule has 0 saturated carbocycles. The van der Waals surface area contributed by atoms with Gasteiger partial charge in [0, 0.05) is 10.6 Å². The number of aryl methyl sites for hydroxylation is 1. The number of benzene rings is 2. The van der Waals surface area contributed by atoms with Crippen molar-refractivity contribution in [1.82, 2.24) is 0 Å². The average Bonchev–Trinajstić information content (AvgIpc) is 2.64. The Morgan fingerprint density at radius 2 is 1.41 bits per heavy atom. The second kappa shape index (κ2) is 8.27. The maximum atomic E-state index is 12.9. The first-order valence-electron chi connectivity index (χ1n) is 8.83. The second-order valence-electron chi connectivity index (χ2n) is 6.73. The summed E-state index contributed by atoms with van der Waals surface area (Å²) in [7, 11) is -3.99. The number of carbonyl (C=O) groups excluding carboxylic acids is 1. The molecule has 0 aliphatic heterocycles. The van der Waals surface area contributed by atoms with E-state index < -0.39 is 10.0 Å². The van der Waals surface area contributed by atoms with Crippen molar-refractivity contribution in [3.05, 3.63) is 88.0 Å². The number of ketones is 1. The Labute approximate surface area is 175 Å². The number of rotatable bonds is 3. The van der Waals surface area contributed by atoms with E-state index in [2.05, 4.69) is 9.39 Å². The summed E-state index contributed by atoms with van der Waals surface area (Å²) in [5.41, 5.74) is 3.24. The van der Waals surface area contributed by atoms with Gasteiger partial charge in [-0.15, -0.1) is 4.40 Å². The monoisotopic (exact) mass is 426 g/mol.